The zero-order valence-electron chi connectivity index (χ0n) is 30.2. The summed E-state index contributed by atoms with van der Waals surface area (Å²) < 4.78 is 6.15. The SMILES string of the molecule is NCCCCOc1cc(CN(Cc2cccc(C(=O)O)n2)Cc2cccc(C(=O)O)n2)nc(CN(Cc2cccc(C(=O)O)n2)Cc2cccc(C(=O)O)n2)c1. The quantitative estimate of drug-likeness (QED) is 0.0662. The van der Waals surface area contributed by atoms with Crippen LogP contribution in [0.4, 0.5) is 0 Å². The normalized spacial score (nSPS) is 11.1. The van der Waals surface area contributed by atoms with Crippen LogP contribution in [0.2, 0.25) is 0 Å². The van der Waals surface area contributed by atoms with Gasteiger partial charge in [-0.2, -0.15) is 0 Å². The summed E-state index contributed by atoms with van der Waals surface area (Å²) in [5.41, 5.74) is 8.08. The minimum atomic E-state index is -1.18. The van der Waals surface area contributed by atoms with Crippen LogP contribution in [-0.2, 0) is 39.3 Å². The Bertz CT molecular complexity index is 1920. The number of hydrogen-bond acceptors (Lipinski definition) is 13. The van der Waals surface area contributed by atoms with E-state index in [1.54, 1.807) is 60.7 Å². The Morgan fingerprint density at radius 2 is 0.804 bits per heavy atom. The van der Waals surface area contributed by atoms with Crippen molar-refractivity contribution in [3.05, 3.63) is 142 Å². The van der Waals surface area contributed by atoms with Crippen molar-refractivity contribution in [2.24, 2.45) is 5.73 Å². The fourth-order valence-corrected chi connectivity index (χ4v) is 5.76. The Balaban J connectivity index is 1.51. The van der Waals surface area contributed by atoms with Crippen LogP contribution in [0.15, 0.2) is 84.9 Å². The van der Waals surface area contributed by atoms with Crippen molar-refractivity contribution in [1.29, 1.82) is 0 Å². The molecule has 0 atom stereocenters. The van der Waals surface area contributed by atoms with Crippen LogP contribution in [0.5, 0.6) is 5.75 Å². The molecule has 0 amide bonds. The number of unbranched alkanes of at least 4 members (excludes halogenated alkanes) is 1. The fraction of sp³-hybridized carbons (Fsp3) is 0.256. The second-order valence-electron chi connectivity index (χ2n) is 12.7. The molecule has 0 unspecified atom stereocenters. The van der Waals surface area contributed by atoms with Crippen molar-refractivity contribution >= 4 is 23.9 Å². The molecule has 0 aliphatic carbocycles. The first-order chi connectivity index (χ1) is 26.9. The Hall–Kier alpha value is -6.69. The van der Waals surface area contributed by atoms with E-state index in [-0.39, 0.29) is 62.0 Å². The van der Waals surface area contributed by atoms with E-state index < -0.39 is 23.9 Å². The van der Waals surface area contributed by atoms with Gasteiger partial charge in [0.1, 0.15) is 28.5 Å². The first kappa shape index (κ1) is 40.5. The van der Waals surface area contributed by atoms with Gasteiger partial charge in [-0.05, 0) is 67.9 Å². The van der Waals surface area contributed by atoms with Gasteiger partial charge < -0.3 is 30.9 Å². The van der Waals surface area contributed by atoms with Gasteiger partial charge in [0.15, 0.2) is 0 Å². The van der Waals surface area contributed by atoms with Gasteiger partial charge in [0, 0.05) is 51.4 Å². The first-order valence-corrected chi connectivity index (χ1v) is 17.5. The largest absolute Gasteiger partial charge is 0.493 e. The Labute approximate surface area is 321 Å². The molecule has 56 heavy (non-hydrogen) atoms. The molecule has 17 heteroatoms. The van der Waals surface area contributed by atoms with Gasteiger partial charge in [-0.1, -0.05) is 24.3 Å². The summed E-state index contributed by atoms with van der Waals surface area (Å²) in [6, 6.07) is 22.2. The summed E-state index contributed by atoms with van der Waals surface area (Å²) in [5.74, 6) is -4.21. The molecule has 6 N–H and O–H groups in total. The molecule has 0 aromatic carbocycles. The van der Waals surface area contributed by atoms with Crippen molar-refractivity contribution < 1.29 is 44.3 Å². The van der Waals surface area contributed by atoms with Crippen molar-refractivity contribution in [2.45, 2.75) is 52.1 Å². The molecule has 0 saturated carbocycles. The molecule has 0 aliphatic rings. The number of aromatic nitrogens is 5. The van der Waals surface area contributed by atoms with Crippen LogP contribution >= 0.6 is 0 Å². The second kappa shape index (κ2) is 19.6. The zero-order chi connectivity index (χ0) is 40.0. The molecule has 5 aromatic heterocycles. The number of rotatable bonds is 21. The van der Waals surface area contributed by atoms with Gasteiger partial charge in [-0.15, -0.1) is 0 Å². The summed E-state index contributed by atoms with van der Waals surface area (Å²) in [5, 5.41) is 38.2. The summed E-state index contributed by atoms with van der Waals surface area (Å²) in [7, 11) is 0. The van der Waals surface area contributed by atoms with Gasteiger partial charge >= 0.3 is 23.9 Å². The first-order valence-electron chi connectivity index (χ1n) is 17.5. The van der Waals surface area contributed by atoms with Crippen molar-refractivity contribution in [3.63, 3.8) is 0 Å². The molecular weight excluding hydrogens is 724 g/mol. The topological polar surface area (TPSA) is 255 Å². The molecule has 5 rings (SSSR count). The third-order valence-electron chi connectivity index (χ3n) is 8.19. The standard InChI is InChI=1S/C39H40N8O9/c40-15-1-2-16-56-31-17-29(23-46(19-25-7-3-11-32(42-25)36(48)49)20-26-8-4-12-33(43-26)37(50)51)41-30(18-31)24-47(21-27-9-5-13-34(44-27)38(52)53)22-28-10-6-14-35(45-28)39(54)55/h3-14,17-18H,1-2,15-16,19-24,40H2,(H,48,49)(H,50,51)(H,52,53)(H,54,55). The average molecular weight is 765 g/mol. The fourth-order valence-electron chi connectivity index (χ4n) is 5.76. The second-order valence-corrected chi connectivity index (χ2v) is 12.7. The van der Waals surface area contributed by atoms with Crippen molar-refractivity contribution in [1.82, 2.24) is 34.7 Å². The molecule has 17 nitrogen and oxygen atoms in total. The highest BCUT2D eigenvalue weighted by molar-refractivity contribution is 5.86. The van der Waals surface area contributed by atoms with Crippen LogP contribution in [0, 0.1) is 0 Å². The lowest BCUT2D eigenvalue weighted by Gasteiger charge is -2.24. The molecule has 0 bridgehead atoms. The van der Waals surface area contributed by atoms with E-state index in [4.69, 9.17) is 15.5 Å². The molecular formula is C39H40N8O9. The molecule has 0 radical (unpaired) electrons. The number of nitrogens with two attached hydrogens (primary N) is 1. The van der Waals surface area contributed by atoms with E-state index >= 15 is 0 Å². The number of hydrogen-bond donors (Lipinski definition) is 5. The van der Waals surface area contributed by atoms with E-state index in [1.165, 1.54) is 24.3 Å². The Morgan fingerprint density at radius 3 is 1.11 bits per heavy atom. The Kier molecular flexibility index (Phi) is 14.2. The van der Waals surface area contributed by atoms with Gasteiger partial charge in [0.2, 0.25) is 0 Å². The number of ether oxygens (including phenoxy) is 1. The van der Waals surface area contributed by atoms with E-state index in [9.17, 15) is 39.6 Å². The highest BCUT2D eigenvalue weighted by Crippen LogP contribution is 2.21. The molecule has 0 spiro atoms. The third-order valence-corrected chi connectivity index (χ3v) is 8.19. The lowest BCUT2D eigenvalue weighted by molar-refractivity contribution is 0.0679. The highest BCUT2D eigenvalue weighted by Gasteiger charge is 2.19. The lowest BCUT2D eigenvalue weighted by Crippen LogP contribution is -2.26. The smallest absolute Gasteiger partial charge is 0.354 e. The number of nitrogens with zero attached hydrogens (tertiary/aromatic N) is 7. The Morgan fingerprint density at radius 1 is 0.482 bits per heavy atom. The monoisotopic (exact) mass is 764 g/mol. The number of pyridine rings is 5. The zero-order valence-corrected chi connectivity index (χ0v) is 30.2. The molecule has 0 saturated heterocycles. The maximum atomic E-state index is 11.7. The minimum absolute atomic E-state index is 0.131. The predicted octanol–water partition coefficient (Wildman–Crippen LogP) is 3.98. The minimum Gasteiger partial charge on any atom is -0.493 e. The number of carbonyl (C=O) groups is 4. The van der Waals surface area contributed by atoms with Gasteiger partial charge in [0.05, 0.1) is 40.8 Å². The third kappa shape index (κ3) is 12.2. The average Bonchev–Trinajstić information content (AvgIpc) is 3.17. The van der Waals surface area contributed by atoms with Gasteiger partial charge in [-0.3, -0.25) is 14.8 Å². The van der Waals surface area contributed by atoms with Gasteiger partial charge in [0.25, 0.3) is 0 Å². The van der Waals surface area contributed by atoms with E-state index in [0.717, 1.165) is 6.42 Å². The van der Waals surface area contributed by atoms with E-state index in [0.29, 0.717) is 59.5 Å². The summed E-state index contributed by atoms with van der Waals surface area (Å²) in [6.45, 7) is 1.85. The molecule has 290 valence electrons. The van der Waals surface area contributed by atoms with Crippen LogP contribution < -0.4 is 10.5 Å². The lowest BCUT2D eigenvalue weighted by atomic mass is 10.2. The van der Waals surface area contributed by atoms with Crippen molar-refractivity contribution in [3.8, 4) is 5.75 Å². The highest BCUT2D eigenvalue weighted by atomic mass is 16.5. The molecule has 0 aliphatic heterocycles. The predicted molar refractivity (Wildman–Crippen MR) is 199 cm³/mol. The molecule has 5 heterocycles. The maximum Gasteiger partial charge on any atom is 0.354 e. The van der Waals surface area contributed by atoms with Crippen LogP contribution in [0.3, 0.4) is 0 Å². The van der Waals surface area contributed by atoms with Crippen molar-refractivity contribution in [2.75, 3.05) is 13.2 Å². The van der Waals surface area contributed by atoms with Crippen LogP contribution in [0.25, 0.3) is 0 Å². The molecule has 5 aromatic rings. The van der Waals surface area contributed by atoms with Crippen LogP contribution in [-0.4, -0.2) is 92.2 Å². The van der Waals surface area contributed by atoms with Crippen LogP contribution in [0.1, 0.15) is 89.0 Å². The maximum absolute atomic E-state index is 11.7. The number of carboxylic acid groups (broad SMARTS) is 4. The van der Waals surface area contributed by atoms with Gasteiger partial charge in [-0.25, -0.2) is 39.1 Å². The summed E-state index contributed by atoms with van der Waals surface area (Å²) in [4.78, 5) is 72.7. The van der Waals surface area contributed by atoms with E-state index in [1.807, 2.05) is 9.80 Å². The summed E-state index contributed by atoms with van der Waals surface area (Å²) >= 11 is 0. The molecule has 0 fully saturated rings. The van der Waals surface area contributed by atoms with E-state index in [2.05, 4.69) is 19.9 Å². The number of aromatic carboxylic acids is 4. The number of carboxylic acids is 4. The summed E-state index contributed by atoms with van der Waals surface area (Å²) in [6.07, 6.45) is 1.46.